The topological polar surface area (TPSA) is 120 Å². The lowest BCUT2D eigenvalue weighted by Crippen LogP contribution is -2.30. The average Bonchev–Trinajstić information content (AvgIpc) is 2.64. The van der Waals surface area contributed by atoms with E-state index in [0.29, 0.717) is 12.4 Å². The fourth-order valence-electron chi connectivity index (χ4n) is 2.07. The standard InChI is InChI=1S/C17H19N3O6/c1-25-8-7-20-15(21)6-5-14(19-20)17(24)18-10-12-3-2-4-13(9-12)26-11-16(22)23/h2-6,9H,7-8,10-11H2,1H3,(H,18,24)(H,22,23). The van der Waals surface area contributed by atoms with Crippen LogP contribution >= 0.6 is 0 Å². The molecular formula is C17H19N3O6. The molecule has 2 aromatic rings. The number of benzene rings is 1. The number of amides is 1. The van der Waals surface area contributed by atoms with Crippen molar-refractivity contribution < 1.29 is 24.2 Å². The van der Waals surface area contributed by atoms with Crippen LogP contribution in [0.1, 0.15) is 16.1 Å². The number of methoxy groups -OCH3 is 1. The van der Waals surface area contributed by atoms with Crippen LogP contribution in [0.2, 0.25) is 0 Å². The van der Waals surface area contributed by atoms with Gasteiger partial charge < -0.3 is 19.9 Å². The van der Waals surface area contributed by atoms with E-state index in [1.807, 2.05) is 0 Å². The number of carbonyl (C=O) groups is 2. The van der Waals surface area contributed by atoms with E-state index in [-0.39, 0.29) is 24.3 Å². The summed E-state index contributed by atoms with van der Waals surface area (Å²) < 4.78 is 11.2. The molecular weight excluding hydrogens is 342 g/mol. The van der Waals surface area contributed by atoms with Crippen LogP contribution in [0.25, 0.3) is 0 Å². The van der Waals surface area contributed by atoms with Gasteiger partial charge in [0.1, 0.15) is 11.4 Å². The molecule has 0 atom stereocenters. The van der Waals surface area contributed by atoms with Crippen LogP contribution in [0.5, 0.6) is 5.75 Å². The van der Waals surface area contributed by atoms with Crippen molar-refractivity contribution in [2.24, 2.45) is 0 Å². The molecule has 138 valence electrons. The average molecular weight is 361 g/mol. The number of aromatic nitrogens is 2. The van der Waals surface area contributed by atoms with E-state index in [1.165, 1.54) is 23.9 Å². The Balaban J connectivity index is 1.99. The van der Waals surface area contributed by atoms with Crippen molar-refractivity contribution in [3.05, 3.63) is 58.0 Å². The number of aliphatic carboxylic acids is 1. The Morgan fingerprint density at radius 1 is 1.27 bits per heavy atom. The lowest BCUT2D eigenvalue weighted by molar-refractivity contribution is -0.139. The third-order valence-electron chi connectivity index (χ3n) is 3.32. The molecule has 2 N–H and O–H groups in total. The lowest BCUT2D eigenvalue weighted by atomic mass is 10.2. The minimum Gasteiger partial charge on any atom is -0.482 e. The number of hydrogen-bond acceptors (Lipinski definition) is 6. The number of nitrogens with one attached hydrogen (secondary N) is 1. The molecule has 2 rings (SSSR count). The number of ether oxygens (including phenoxy) is 2. The highest BCUT2D eigenvalue weighted by atomic mass is 16.5. The summed E-state index contributed by atoms with van der Waals surface area (Å²) in [7, 11) is 1.51. The fourth-order valence-corrected chi connectivity index (χ4v) is 2.07. The van der Waals surface area contributed by atoms with Crippen molar-refractivity contribution in [3.8, 4) is 5.75 Å². The first-order chi connectivity index (χ1) is 12.5. The smallest absolute Gasteiger partial charge is 0.341 e. The summed E-state index contributed by atoms with van der Waals surface area (Å²) in [6.07, 6.45) is 0. The third-order valence-corrected chi connectivity index (χ3v) is 3.32. The molecule has 0 unspecified atom stereocenters. The van der Waals surface area contributed by atoms with Gasteiger partial charge in [-0.15, -0.1) is 0 Å². The molecule has 0 saturated heterocycles. The number of hydrogen-bond donors (Lipinski definition) is 2. The van der Waals surface area contributed by atoms with Gasteiger partial charge in [0.15, 0.2) is 6.61 Å². The molecule has 0 aliphatic rings. The zero-order valence-electron chi connectivity index (χ0n) is 14.2. The number of carboxylic acid groups (broad SMARTS) is 1. The summed E-state index contributed by atoms with van der Waals surface area (Å²) >= 11 is 0. The number of rotatable bonds is 9. The summed E-state index contributed by atoms with van der Waals surface area (Å²) in [5, 5.41) is 15.3. The van der Waals surface area contributed by atoms with Crippen molar-refractivity contribution in [2.75, 3.05) is 20.3 Å². The van der Waals surface area contributed by atoms with Crippen LogP contribution in [0, 0.1) is 0 Å². The molecule has 0 aliphatic carbocycles. The highest BCUT2D eigenvalue weighted by Gasteiger charge is 2.10. The van der Waals surface area contributed by atoms with Crippen molar-refractivity contribution in [1.82, 2.24) is 15.1 Å². The van der Waals surface area contributed by atoms with E-state index in [9.17, 15) is 14.4 Å². The SMILES string of the molecule is COCCn1nc(C(=O)NCc2cccc(OCC(=O)O)c2)ccc1=O. The fraction of sp³-hybridized carbons (Fsp3) is 0.294. The minimum absolute atomic E-state index is 0.110. The maximum atomic E-state index is 12.2. The van der Waals surface area contributed by atoms with Gasteiger partial charge in [-0.3, -0.25) is 9.59 Å². The van der Waals surface area contributed by atoms with Crippen LogP contribution < -0.4 is 15.6 Å². The first kappa shape index (κ1) is 19.1. The second-order valence-corrected chi connectivity index (χ2v) is 5.29. The van der Waals surface area contributed by atoms with Gasteiger partial charge in [0.25, 0.3) is 11.5 Å². The van der Waals surface area contributed by atoms with Crippen LogP contribution in [-0.4, -0.2) is 47.1 Å². The summed E-state index contributed by atoms with van der Waals surface area (Å²) in [4.78, 5) is 34.4. The lowest BCUT2D eigenvalue weighted by Gasteiger charge is -2.09. The molecule has 9 nitrogen and oxygen atoms in total. The van der Waals surface area contributed by atoms with E-state index < -0.39 is 18.5 Å². The monoisotopic (exact) mass is 361 g/mol. The van der Waals surface area contributed by atoms with Gasteiger partial charge in [-0.2, -0.15) is 5.10 Å². The Kier molecular flexibility index (Phi) is 6.86. The number of carbonyl (C=O) groups excluding carboxylic acids is 1. The Morgan fingerprint density at radius 3 is 2.81 bits per heavy atom. The second kappa shape index (κ2) is 9.33. The van der Waals surface area contributed by atoms with E-state index in [1.54, 1.807) is 24.3 Å². The Morgan fingerprint density at radius 2 is 2.08 bits per heavy atom. The molecule has 0 aliphatic heterocycles. The van der Waals surface area contributed by atoms with E-state index in [0.717, 1.165) is 5.56 Å². The Bertz CT molecular complexity index is 833. The quantitative estimate of drug-likeness (QED) is 0.658. The molecule has 0 spiro atoms. The first-order valence-corrected chi connectivity index (χ1v) is 7.78. The number of nitrogens with zero attached hydrogens (tertiary/aromatic N) is 2. The molecule has 1 aromatic heterocycles. The van der Waals surface area contributed by atoms with Crippen LogP contribution in [0.15, 0.2) is 41.2 Å². The van der Waals surface area contributed by atoms with Gasteiger partial charge in [0.05, 0.1) is 13.2 Å². The molecule has 0 radical (unpaired) electrons. The molecule has 0 fully saturated rings. The summed E-state index contributed by atoms with van der Waals surface area (Å²) in [6.45, 7) is 0.311. The van der Waals surface area contributed by atoms with Gasteiger partial charge >= 0.3 is 5.97 Å². The van der Waals surface area contributed by atoms with Crippen molar-refractivity contribution in [1.29, 1.82) is 0 Å². The van der Waals surface area contributed by atoms with Crippen LogP contribution in [-0.2, 0) is 22.6 Å². The molecule has 1 aromatic carbocycles. The highest BCUT2D eigenvalue weighted by molar-refractivity contribution is 5.91. The van der Waals surface area contributed by atoms with Gasteiger partial charge in [-0.25, -0.2) is 9.48 Å². The molecule has 1 amide bonds. The highest BCUT2D eigenvalue weighted by Crippen LogP contribution is 2.13. The maximum absolute atomic E-state index is 12.2. The van der Waals surface area contributed by atoms with Gasteiger partial charge in [-0.1, -0.05) is 12.1 Å². The van der Waals surface area contributed by atoms with E-state index in [4.69, 9.17) is 14.6 Å². The molecule has 26 heavy (non-hydrogen) atoms. The largest absolute Gasteiger partial charge is 0.482 e. The first-order valence-electron chi connectivity index (χ1n) is 7.78. The third kappa shape index (κ3) is 5.71. The Hall–Kier alpha value is -3.20. The predicted octanol–water partition coefficient (Wildman–Crippen LogP) is 0.283. The molecule has 9 heteroatoms. The Labute approximate surface area is 149 Å². The van der Waals surface area contributed by atoms with Crippen molar-refractivity contribution >= 4 is 11.9 Å². The molecule has 0 bridgehead atoms. The molecule has 1 heterocycles. The van der Waals surface area contributed by atoms with Gasteiger partial charge in [0, 0.05) is 19.7 Å². The van der Waals surface area contributed by atoms with Gasteiger partial charge in [0.2, 0.25) is 0 Å². The second-order valence-electron chi connectivity index (χ2n) is 5.29. The van der Waals surface area contributed by atoms with Crippen molar-refractivity contribution in [3.63, 3.8) is 0 Å². The summed E-state index contributed by atoms with van der Waals surface area (Å²) in [5.74, 6) is -1.11. The predicted molar refractivity (Wildman–Crippen MR) is 91.1 cm³/mol. The minimum atomic E-state index is -1.07. The van der Waals surface area contributed by atoms with Gasteiger partial charge in [-0.05, 0) is 23.8 Å². The van der Waals surface area contributed by atoms with Crippen LogP contribution in [0.3, 0.4) is 0 Å². The summed E-state index contributed by atoms with van der Waals surface area (Å²) in [5.41, 5.74) is 0.523. The maximum Gasteiger partial charge on any atom is 0.341 e. The summed E-state index contributed by atoms with van der Waals surface area (Å²) in [6, 6.07) is 9.35. The van der Waals surface area contributed by atoms with E-state index in [2.05, 4.69) is 10.4 Å². The normalized spacial score (nSPS) is 10.3. The van der Waals surface area contributed by atoms with E-state index >= 15 is 0 Å². The zero-order valence-corrected chi connectivity index (χ0v) is 14.2. The van der Waals surface area contributed by atoms with Crippen LogP contribution in [0.4, 0.5) is 0 Å². The zero-order chi connectivity index (χ0) is 18.9. The van der Waals surface area contributed by atoms with Crippen molar-refractivity contribution in [2.45, 2.75) is 13.1 Å². The molecule has 0 saturated carbocycles. The number of carboxylic acids is 1.